The van der Waals surface area contributed by atoms with Gasteiger partial charge in [-0.25, -0.2) is 4.98 Å². The first-order chi connectivity index (χ1) is 15.1. The van der Waals surface area contributed by atoms with Crippen LogP contribution in [0.15, 0.2) is 59.2 Å². The highest BCUT2D eigenvalue weighted by Crippen LogP contribution is 2.26. The van der Waals surface area contributed by atoms with Crippen LogP contribution >= 0.6 is 15.9 Å². The standard InChI is InChI=1S/C23H25BrN6O/c1-3-30(4-2)12-13-31-20-10-8-18(9-11-20)28-23-26-16-21(24)22(29-23)27-19-7-5-6-17(14-19)15-25/h5-11,14,16H,3-4,12-13H2,1-2H3,(H2,26,27,28,29). The molecule has 3 rings (SSSR count). The van der Waals surface area contributed by atoms with Gasteiger partial charge < -0.3 is 20.3 Å². The summed E-state index contributed by atoms with van der Waals surface area (Å²) in [6, 6.07) is 17.1. The van der Waals surface area contributed by atoms with Crippen molar-refractivity contribution in [1.82, 2.24) is 14.9 Å². The van der Waals surface area contributed by atoms with E-state index in [0.29, 0.717) is 23.9 Å². The minimum Gasteiger partial charge on any atom is -0.492 e. The lowest BCUT2D eigenvalue weighted by Crippen LogP contribution is -2.27. The van der Waals surface area contributed by atoms with E-state index in [1.54, 1.807) is 18.3 Å². The Morgan fingerprint density at radius 2 is 1.84 bits per heavy atom. The van der Waals surface area contributed by atoms with Crippen molar-refractivity contribution in [2.75, 3.05) is 36.9 Å². The fourth-order valence-corrected chi connectivity index (χ4v) is 3.20. The molecule has 0 aliphatic heterocycles. The molecule has 0 bridgehead atoms. The van der Waals surface area contributed by atoms with Gasteiger partial charge in [0.2, 0.25) is 5.95 Å². The summed E-state index contributed by atoms with van der Waals surface area (Å²) >= 11 is 3.46. The first kappa shape index (κ1) is 22.5. The summed E-state index contributed by atoms with van der Waals surface area (Å²) < 4.78 is 6.55. The monoisotopic (exact) mass is 480 g/mol. The van der Waals surface area contributed by atoms with Crippen LogP contribution in [0.25, 0.3) is 0 Å². The smallest absolute Gasteiger partial charge is 0.229 e. The zero-order chi connectivity index (χ0) is 22.1. The largest absolute Gasteiger partial charge is 0.492 e. The van der Waals surface area contributed by atoms with Gasteiger partial charge in [0.25, 0.3) is 0 Å². The van der Waals surface area contributed by atoms with Crippen LogP contribution in [0, 0.1) is 11.3 Å². The Morgan fingerprint density at radius 3 is 2.55 bits per heavy atom. The van der Waals surface area contributed by atoms with Crippen molar-refractivity contribution in [3.05, 3.63) is 64.8 Å². The number of ether oxygens (including phenoxy) is 1. The van der Waals surface area contributed by atoms with Crippen molar-refractivity contribution in [3.63, 3.8) is 0 Å². The molecule has 0 saturated carbocycles. The average molecular weight is 481 g/mol. The van der Waals surface area contributed by atoms with Gasteiger partial charge in [-0.05, 0) is 71.5 Å². The number of nitrogens with zero attached hydrogens (tertiary/aromatic N) is 4. The summed E-state index contributed by atoms with van der Waals surface area (Å²) in [5.41, 5.74) is 2.21. The van der Waals surface area contributed by atoms with E-state index < -0.39 is 0 Å². The lowest BCUT2D eigenvalue weighted by Gasteiger charge is -2.18. The maximum absolute atomic E-state index is 9.07. The zero-order valence-electron chi connectivity index (χ0n) is 17.6. The molecule has 31 heavy (non-hydrogen) atoms. The molecule has 1 aromatic heterocycles. The van der Waals surface area contributed by atoms with E-state index in [4.69, 9.17) is 10.00 Å². The molecule has 0 spiro atoms. The van der Waals surface area contributed by atoms with E-state index in [0.717, 1.165) is 41.2 Å². The van der Waals surface area contributed by atoms with Crippen LogP contribution < -0.4 is 15.4 Å². The number of hydrogen-bond donors (Lipinski definition) is 2. The van der Waals surface area contributed by atoms with Gasteiger partial charge in [-0.1, -0.05) is 19.9 Å². The second kappa shape index (κ2) is 11.3. The van der Waals surface area contributed by atoms with E-state index in [-0.39, 0.29) is 0 Å². The Kier molecular flexibility index (Phi) is 8.21. The first-order valence-electron chi connectivity index (χ1n) is 10.1. The molecule has 0 fully saturated rings. The SMILES string of the molecule is CCN(CC)CCOc1ccc(Nc2ncc(Br)c(Nc3cccc(C#N)c3)n2)cc1. The number of likely N-dealkylation sites (N-methyl/N-ethyl adjacent to an activating group) is 1. The van der Waals surface area contributed by atoms with Crippen LogP contribution in [0.1, 0.15) is 19.4 Å². The van der Waals surface area contributed by atoms with Gasteiger partial charge in [-0.15, -0.1) is 0 Å². The molecule has 0 amide bonds. The number of nitrogens with one attached hydrogen (secondary N) is 2. The number of nitriles is 1. The molecule has 2 N–H and O–H groups in total. The number of benzene rings is 2. The lowest BCUT2D eigenvalue weighted by atomic mass is 10.2. The summed E-state index contributed by atoms with van der Waals surface area (Å²) in [5.74, 6) is 1.88. The highest BCUT2D eigenvalue weighted by Gasteiger charge is 2.07. The lowest BCUT2D eigenvalue weighted by molar-refractivity contribution is 0.223. The molecule has 8 heteroatoms. The molecule has 0 saturated heterocycles. The highest BCUT2D eigenvalue weighted by molar-refractivity contribution is 9.10. The van der Waals surface area contributed by atoms with Gasteiger partial charge in [0.05, 0.1) is 16.1 Å². The number of anilines is 4. The number of hydrogen-bond acceptors (Lipinski definition) is 7. The zero-order valence-corrected chi connectivity index (χ0v) is 19.2. The summed E-state index contributed by atoms with van der Waals surface area (Å²) in [4.78, 5) is 11.2. The Bertz CT molecular complexity index is 1030. The van der Waals surface area contributed by atoms with E-state index in [2.05, 4.69) is 61.3 Å². The predicted octanol–water partition coefficient (Wildman–Crippen LogP) is 5.32. The molecule has 2 aromatic carbocycles. The third-order valence-corrected chi connectivity index (χ3v) is 5.26. The second-order valence-corrected chi connectivity index (χ2v) is 7.59. The molecular weight excluding hydrogens is 456 g/mol. The fourth-order valence-electron chi connectivity index (χ4n) is 2.91. The second-order valence-electron chi connectivity index (χ2n) is 6.73. The van der Waals surface area contributed by atoms with Crippen LogP contribution in [0.3, 0.4) is 0 Å². The van der Waals surface area contributed by atoms with Gasteiger partial charge in [0.15, 0.2) is 0 Å². The Labute approximate surface area is 191 Å². The third-order valence-electron chi connectivity index (χ3n) is 4.68. The Balaban J connectivity index is 1.62. The van der Waals surface area contributed by atoms with Crippen molar-refractivity contribution in [3.8, 4) is 11.8 Å². The van der Waals surface area contributed by atoms with Crippen LogP contribution in [0.4, 0.5) is 23.1 Å². The van der Waals surface area contributed by atoms with Crippen LogP contribution in [-0.2, 0) is 0 Å². The van der Waals surface area contributed by atoms with E-state index in [9.17, 15) is 0 Å². The summed E-state index contributed by atoms with van der Waals surface area (Å²) in [5, 5.41) is 15.5. The first-order valence-corrected chi connectivity index (χ1v) is 10.9. The Hall–Kier alpha value is -3.15. The van der Waals surface area contributed by atoms with Crippen molar-refractivity contribution in [2.45, 2.75) is 13.8 Å². The molecule has 3 aromatic rings. The minimum absolute atomic E-state index is 0.456. The van der Waals surface area contributed by atoms with Gasteiger partial charge in [-0.2, -0.15) is 10.2 Å². The molecule has 0 radical (unpaired) electrons. The van der Waals surface area contributed by atoms with E-state index in [1.165, 1.54) is 0 Å². The van der Waals surface area contributed by atoms with E-state index in [1.807, 2.05) is 36.4 Å². The van der Waals surface area contributed by atoms with Crippen molar-refractivity contribution < 1.29 is 4.74 Å². The normalized spacial score (nSPS) is 10.5. The molecule has 0 aliphatic carbocycles. The summed E-state index contributed by atoms with van der Waals surface area (Å²) in [6.45, 7) is 7.92. The quantitative estimate of drug-likeness (QED) is 0.406. The average Bonchev–Trinajstić information content (AvgIpc) is 2.80. The molecule has 0 unspecified atom stereocenters. The van der Waals surface area contributed by atoms with Gasteiger partial charge in [0, 0.05) is 24.1 Å². The van der Waals surface area contributed by atoms with Crippen LogP contribution in [-0.4, -0.2) is 41.1 Å². The van der Waals surface area contributed by atoms with Gasteiger partial charge in [-0.3, -0.25) is 0 Å². The van der Waals surface area contributed by atoms with Crippen molar-refractivity contribution in [1.29, 1.82) is 5.26 Å². The van der Waals surface area contributed by atoms with Crippen LogP contribution in [0.5, 0.6) is 5.75 Å². The summed E-state index contributed by atoms with van der Waals surface area (Å²) in [6.07, 6.45) is 1.68. The van der Waals surface area contributed by atoms with Gasteiger partial charge >= 0.3 is 0 Å². The molecule has 0 aliphatic rings. The molecule has 1 heterocycles. The Morgan fingerprint density at radius 1 is 1.06 bits per heavy atom. The number of rotatable bonds is 10. The van der Waals surface area contributed by atoms with Gasteiger partial charge in [0.1, 0.15) is 18.2 Å². The number of halogens is 1. The van der Waals surface area contributed by atoms with Crippen molar-refractivity contribution >= 4 is 39.1 Å². The molecule has 0 atom stereocenters. The summed E-state index contributed by atoms with van der Waals surface area (Å²) in [7, 11) is 0. The highest BCUT2D eigenvalue weighted by atomic mass is 79.9. The fraction of sp³-hybridized carbons (Fsp3) is 0.261. The third kappa shape index (κ3) is 6.67. The topological polar surface area (TPSA) is 86.1 Å². The van der Waals surface area contributed by atoms with E-state index >= 15 is 0 Å². The molecular formula is C23H25BrN6O. The maximum atomic E-state index is 9.07. The molecule has 7 nitrogen and oxygen atoms in total. The minimum atomic E-state index is 0.456. The molecule has 160 valence electrons. The van der Waals surface area contributed by atoms with Crippen LogP contribution in [0.2, 0.25) is 0 Å². The maximum Gasteiger partial charge on any atom is 0.229 e. The predicted molar refractivity (Wildman–Crippen MR) is 127 cm³/mol. The number of aromatic nitrogens is 2. The van der Waals surface area contributed by atoms with Crippen molar-refractivity contribution in [2.24, 2.45) is 0 Å².